The standard InChI is InChI=1S/C18H24N2O/c1-13-5-8-15(11-19)17(20-13)21-12-14-6-9-16(10-7-14)18(2,3)4/h5-10H,11-12,19H2,1-4H3. The lowest BCUT2D eigenvalue weighted by atomic mass is 9.87. The quantitative estimate of drug-likeness (QED) is 0.930. The van der Waals surface area contributed by atoms with E-state index in [1.54, 1.807) is 0 Å². The Labute approximate surface area is 127 Å². The fraction of sp³-hybridized carbons (Fsp3) is 0.389. The van der Waals surface area contributed by atoms with E-state index >= 15 is 0 Å². The van der Waals surface area contributed by atoms with Crippen molar-refractivity contribution in [1.82, 2.24) is 4.98 Å². The number of pyridine rings is 1. The molecule has 0 saturated heterocycles. The third-order valence-electron chi connectivity index (χ3n) is 3.49. The summed E-state index contributed by atoms with van der Waals surface area (Å²) in [4.78, 5) is 4.41. The van der Waals surface area contributed by atoms with E-state index in [1.807, 2.05) is 19.1 Å². The van der Waals surface area contributed by atoms with Crippen molar-refractivity contribution in [3.8, 4) is 5.88 Å². The van der Waals surface area contributed by atoms with Crippen molar-refractivity contribution in [3.63, 3.8) is 0 Å². The highest BCUT2D eigenvalue weighted by atomic mass is 16.5. The highest BCUT2D eigenvalue weighted by Crippen LogP contribution is 2.23. The normalized spacial score (nSPS) is 11.5. The molecular formula is C18H24N2O. The van der Waals surface area contributed by atoms with Crippen molar-refractivity contribution < 1.29 is 4.74 Å². The Kier molecular flexibility index (Phi) is 4.63. The fourth-order valence-electron chi connectivity index (χ4n) is 2.09. The molecular weight excluding hydrogens is 260 g/mol. The van der Waals surface area contributed by atoms with Crippen LogP contribution in [0.25, 0.3) is 0 Å². The van der Waals surface area contributed by atoms with E-state index in [0.29, 0.717) is 19.0 Å². The topological polar surface area (TPSA) is 48.1 Å². The Hall–Kier alpha value is -1.87. The number of aryl methyl sites for hydroxylation is 1. The maximum Gasteiger partial charge on any atom is 0.218 e. The van der Waals surface area contributed by atoms with Gasteiger partial charge in [0.15, 0.2) is 0 Å². The van der Waals surface area contributed by atoms with Gasteiger partial charge >= 0.3 is 0 Å². The number of nitrogens with zero attached hydrogens (tertiary/aromatic N) is 1. The van der Waals surface area contributed by atoms with Crippen molar-refractivity contribution in [1.29, 1.82) is 0 Å². The second-order valence-electron chi connectivity index (χ2n) is 6.36. The number of benzene rings is 1. The SMILES string of the molecule is Cc1ccc(CN)c(OCc2ccc(C(C)(C)C)cc2)n1. The summed E-state index contributed by atoms with van der Waals surface area (Å²) < 4.78 is 5.83. The molecule has 0 aliphatic heterocycles. The van der Waals surface area contributed by atoms with Crippen LogP contribution in [-0.2, 0) is 18.6 Å². The largest absolute Gasteiger partial charge is 0.473 e. The van der Waals surface area contributed by atoms with Crippen LogP contribution in [0.15, 0.2) is 36.4 Å². The van der Waals surface area contributed by atoms with Crippen LogP contribution in [0.4, 0.5) is 0 Å². The van der Waals surface area contributed by atoms with Gasteiger partial charge in [0.05, 0.1) is 0 Å². The zero-order chi connectivity index (χ0) is 15.5. The van der Waals surface area contributed by atoms with E-state index in [9.17, 15) is 0 Å². The molecule has 0 aliphatic rings. The summed E-state index contributed by atoms with van der Waals surface area (Å²) in [5, 5.41) is 0. The number of aromatic nitrogens is 1. The van der Waals surface area contributed by atoms with E-state index in [1.165, 1.54) is 5.56 Å². The van der Waals surface area contributed by atoms with Crippen LogP contribution in [0.2, 0.25) is 0 Å². The van der Waals surface area contributed by atoms with Gasteiger partial charge in [0, 0.05) is 17.8 Å². The lowest BCUT2D eigenvalue weighted by molar-refractivity contribution is 0.290. The van der Waals surface area contributed by atoms with Crippen LogP contribution in [0.5, 0.6) is 5.88 Å². The number of hydrogen-bond acceptors (Lipinski definition) is 3. The molecule has 2 N–H and O–H groups in total. The molecule has 0 amide bonds. The van der Waals surface area contributed by atoms with Gasteiger partial charge in [-0.15, -0.1) is 0 Å². The van der Waals surface area contributed by atoms with Crippen molar-refractivity contribution >= 4 is 0 Å². The van der Waals surface area contributed by atoms with Crippen molar-refractivity contribution in [3.05, 3.63) is 58.8 Å². The summed E-state index contributed by atoms with van der Waals surface area (Å²) in [6, 6.07) is 12.5. The molecule has 3 nitrogen and oxygen atoms in total. The predicted octanol–water partition coefficient (Wildman–Crippen LogP) is 3.73. The van der Waals surface area contributed by atoms with Crippen LogP contribution in [0, 0.1) is 6.92 Å². The van der Waals surface area contributed by atoms with E-state index in [4.69, 9.17) is 10.5 Å². The van der Waals surface area contributed by atoms with Gasteiger partial charge in [-0.1, -0.05) is 51.1 Å². The Morgan fingerprint density at radius 3 is 2.29 bits per heavy atom. The summed E-state index contributed by atoms with van der Waals surface area (Å²) >= 11 is 0. The van der Waals surface area contributed by atoms with Gasteiger partial charge in [0.2, 0.25) is 5.88 Å². The first-order valence-electron chi connectivity index (χ1n) is 7.29. The molecule has 1 heterocycles. The van der Waals surface area contributed by atoms with E-state index in [2.05, 4.69) is 50.0 Å². The van der Waals surface area contributed by atoms with Crippen molar-refractivity contribution in [2.45, 2.75) is 46.3 Å². The molecule has 0 saturated carbocycles. The highest BCUT2D eigenvalue weighted by Gasteiger charge is 2.13. The summed E-state index contributed by atoms with van der Waals surface area (Å²) in [6.07, 6.45) is 0. The van der Waals surface area contributed by atoms with E-state index in [-0.39, 0.29) is 5.41 Å². The maximum absolute atomic E-state index is 5.83. The molecule has 112 valence electrons. The first-order valence-corrected chi connectivity index (χ1v) is 7.29. The molecule has 3 heteroatoms. The Morgan fingerprint density at radius 2 is 1.71 bits per heavy atom. The minimum absolute atomic E-state index is 0.171. The fourth-order valence-corrected chi connectivity index (χ4v) is 2.09. The molecule has 0 aliphatic carbocycles. The Morgan fingerprint density at radius 1 is 1.05 bits per heavy atom. The van der Waals surface area contributed by atoms with Gasteiger partial charge in [-0.05, 0) is 29.5 Å². The van der Waals surface area contributed by atoms with Crippen molar-refractivity contribution in [2.75, 3.05) is 0 Å². The predicted molar refractivity (Wildman–Crippen MR) is 86.3 cm³/mol. The van der Waals surface area contributed by atoms with E-state index < -0.39 is 0 Å². The van der Waals surface area contributed by atoms with Crippen LogP contribution in [0.1, 0.15) is 43.2 Å². The number of hydrogen-bond donors (Lipinski definition) is 1. The molecule has 21 heavy (non-hydrogen) atoms. The highest BCUT2D eigenvalue weighted by molar-refractivity contribution is 5.30. The molecule has 1 aromatic carbocycles. The summed E-state index contributed by atoms with van der Waals surface area (Å²) in [5.74, 6) is 0.636. The smallest absolute Gasteiger partial charge is 0.218 e. The van der Waals surface area contributed by atoms with Gasteiger partial charge in [-0.3, -0.25) is 0 Å². The minimum atomic E-state index is 0.171. The van der Waals surface area contributed by atoms with Gasteiger partial charge in [-0.2, -0.15) is 0 Å². The van der Waals surface area contributed by atoms with Gasteiger partial charge in [-0.25, -0.2) is 4.98 Å². The first kappa shape index (κ1) is 15.5. The maximum atomic E-state index is 5.83. The van der Waals surface area contributed by atoms with Crippen LogP contribution in [0.3, 0.4) is 0 Å². The van der Waals surface area contributed by atoms with Gasteiger partial charge in [0.1, 0.15) is 6.61 Å². The van der Waals surface area contributed by atoms with Gasteiger partial charge in [0.25, 0.3) is 0 Å². The molecule has 0 fully saturated rings. The molecule has 0 atom stereocenters. The molecule has 0 unspecified atom stereocenters. The molecule has 2 rings (SSSR count). The van der Waals surface area contributed by atoms with Crippen LogP contribution in [-0.4, -0.2) is 4.98 Å². The molecule has 0 bridgehead atoms. The Bertz CT molecular complexity index is 598. The zero-order valence-corrected chi connectivity index (χ0v) is 13.3. The average Bonchev–Trinajstić information content (AvgIpc) is 2.45. The average molecular weight is 284 g/mol. The number of ether oxygens (including phenoxy) is 1. The second kappa shape index (κ2) is 6.27. The monoisotopic (exact) mass is 284 g/mol. The summed E-state index contributed by atoms with van der Waals surface area (Å²) in [6.45, 7) is 9.53. The minimum Gasteiger partial charge on any atom is -0.473 e. The lowest BCUT2D eigenvalue weighted by Crippen LogP contribution is -2.11. The molecule has 1 aromatic heterocycles. The third kappa shape index (κ3) is 4.05. The third-order valence-corrected chi connectivity index (χ3v) is 3.49. The first-order chi connectivity index (χ1) is 9.90. The van der Waals surface area contributed by atoms with Crippen LogP contribution >= 0.6 is 0 Å². The molecule has 0 radical (unpaired) electrons. The number of rotatable bonds is 4. The van der Waals surface area contributed by atoms with Crippen LogP contribution < -0.4 is 10.5 Å². The van der Waals surface area contributed by atoms with Gasteiger partial charge < -0.3 is 10.5 Å². The Balaban J connectivity index is 2.08. The number of nitrogens with two attached hydrogens (primary N) is 1. The lowest BCUT2D eigenvalue weighted by Gasteiger charge is -2.19. The van der Waals surface area contributed by atoms with E-state index in [0.717, 1.165) is 16.8 Å². The summed E-state index contributed by atoms with van der Waals surface area (Å²) in [7, 11) is 0. The molecule has 0 spiro atoms. The van der Waals surface area contributed by atoms with Crippen molar-refractivity contribution in [2.24, 2.45) is 5.73 Å². The summed E-state index contributed by atoms with van der Waals surface area (Å²) in [5.41, 5.74) is 10.2. The molecule has 2 aromatic rings. The zero-order valence-electron chi connectivity index (χ0n) is 13.3. The second-order valence-corrected chi connectivity index (χ2v) is 6.36.